The number of aromatic nitrogens is 1. The zero-order valence-corrected chi connectivity index (χ0v) is 17.8. The second-order valence-corrected chi connectivity index (χ2v) is 14.4. The van der Waals surface area contributed by atoms with Gasteiger partial charge < -0.3 is 4.57 Å². The second kappa shape index (κ2) is 6.35. The molecule has 2 heterocycles. The Bertz CT molecular complexity index is 981. The Morgan fingerprint density at radius 1 is 1.00 bits per heavy atom. The first-order valence-electron chi connectivity index (χ1n) is 10.5. The lowest BCUT2D eigenvalue weighted by molar-refractivity contribution is 0.133. The molecule has 0 N–H and O–H groups in total. The maximum Gasteiger partial charge on any atom is 0.0776 e. The first kappa shape index (κ1) is 17.3. The molecular formula is C24H30N2Si. The first-order valence-corrected chi connectivity index (χ1v) is 14.0. The summed E-state index contributed by atoms with van der Waals surface area (Å²) in [5.74, 6) is 0. The number of fused-ring (bicyclic) bond motifs is 3. The van der Waals surface area contributed by atoms with Crippen molar-refractivity contribution in [1.82, 2.24) is 9.47 Å². The van der Waals surface area contributed by atoms with Gasteiger partial charge in [0.15, 0.2) is 0 Å². The molecule has 0 saturated heterocycles. The van der Waals surface area contributed by atoms with Crippen LogP contribution < -0.4 is 5.19 Å². The van der Waals surface area contributed by atoms with Crippen molar-refractivity contribution < 1.29 is 0 Å². The summed E-state index contributed by atoms with van der Waals surface area (Å²) in [5.41, 5.74) is 6.20. The van der Waals surface area contributed by atoms with E-state index in [1.54, 1.807) is 21.8 Å². The van der Waals surface area contributed by atoms with Crippen molar-refractivity contribution in [1.29, 1.82) is 0 Å². The Hall–Kier alpha value is -1.84. The van der Waals surface area contributed by atoms with Crippen molar-refractivity contribution in [2.45, 2.75) is 58.0 Å². The topological polar surface area (TPSA) is 8.17 Å². The summed E-state index contributed by atoms with van der Waals surface area (Å²) in [7, 11) is -1.28. The molecule has 1 aliphatic carbocycles. The van der Waals surface area contributed by atoms with E-state index in [-0.39, 0.29) is 0 Å². The van der Waals surface area contributed by atoms with E-state index in [9.17, 15) is 0 Å². The fourth-order valence-corrected chi connectivity index (χ4v) is 6.31. The van der Waals surface area contributed by atoms with E-state index in [0.717, 1.165) is 19.6 Å². The quantitative estimate of drug-likeness (QED) is 0.580. The summed E-state index contributed by atoms with van der Waals surface area (Å²) in [6.07, 6.45) is 3.87. The molecule has 2 aliphatic rings. The van der Waals surface area contributed by atoms with Gasteiger partial charge in [0, 0.05) is 36.2 Å². The zero-order chi connectivity index (χ0) is 18.6. The molecule has 1 atom stereocenters. The van der Waals surface area contributed by atoms with E-state index >= 15 is 0 Å². The molecule has 27 heavy (non-hydrogen) atoms. The summed E-state index contributed by atoms with van der Waals surface area (Å²) in [6, 6.07) is 19.0. The standard InChI is InChI=1S/C24H30N2Si/c1-27(2,3)19-12-13-22-21(16-19)20-10-7-11-23-24(20)26(22)15-14-25(23)17-18-8-5-4-6-9-18/h4-6,8-9,12-13,16,23H,7,10-11,14-15,17H2,1-3H3. The number of rotatable bonds is 3. The van der Waals surface area contributed by atoms with Crippen LogP contribution in [0.25, 0.3) is 10.9 Å². The van der Waals surface area contributed by atoms with Crippen LogP contribution >= 0.6 is 0 Å². The molecule has 1 aliphatic heterocycles. The Kier molecular flexibility index (Phi) is 4.06. The molecule has 0 spiro atoms. The van der Waals surface area contributed by atoms with Gasteiger partial charge in [0.05, 0.1) is 14.1 Å². The van der Waals surface area contributed by atoms with Crippen molar-refractivity contribution in [3.8, 4) is 0 Å². The van der Waals surface area contributed by atoms with Crippen LogP contribution in [0, 0.1) is 0 Å². The van der Waals surface area contributed by atoms with Gasteiger partial charge in [0.1, 0.15) is 0 Å². The third-order valence-corrected chi connectivity index (χ3v) is 8.62. The minimum Gasteiger partial charge on any atom is -0.342 e. The molecule has 1 unspecified atom stereocenters. The maximum absolute atomic E-state index is 2.73. The van der Waals surface area contributed by atoms with E-state index in [4.69, 9.17) is 0 Å². The Morgan fingerprint density at radius 3 is 2.59 bits per heavy atom. The zero-order valence-electron chi connectivity index (χ0n) is 16.8. The van der Waals surface area contributed by atoms with Gasteiger partial charge in [-0.05, 0) is 36.5 Å². The van der Waals surface area contributed by atoms with Crippen molar-refractivity contribution >= 4 is 24.2 Å². The Labute approximate surface area is 163 Å². The molecule has 1 aromatic heterocycles. The summed E-state index contributed by atoms with van der Waals surface area (Å²) < 4.78 is 2.66. The van der Waals surface area contributed by atoms with E-state index in [1.165, 1.54) is 30.3 Å². The summed E-state index contributed by atoms with van der Waals surface area (Å²) >= 11 is 0. The smallest absolute Gasteiger partial charge is 0.0776 e. The van der Waals surface area contributed by atoms with Crippen LogP contribution in [0.3, 0.4) is 0 Å². The van der Waals surface area contributed by atoms with E-state index in [1.807, 2.05) is 0 Å². The average molecular weight is 375 g/mol. The average Bonchev–Trinajstić information content (AvgIpc) is 2.99. The maximum atomic E-state index is 2.73. The van der Waals surface area contributed by atoms with Gasteiger partial charge in [-0.15, -0.1) is 0 Å². The van der Waals surface area contributed by atoms with Crippen molar-refractivity contribution in [3.63, 3.8) is 0 Å². The Balaban J connectivity index is 1.59. The van der Waals surface area contributed by atoms with Gasteiger partial charge in [-0.1, -0.05) is 67.3 Å². The fraction of sp³-hybridized carbons (Fsp3) is 0.417. The minimum atomic E-state index is -1.28. The van der Waals surface area contributed by atoms with Crippen LogP contribution in [0.5, 0.6) is 0 Å². The van der Waals surface area contributed by atoms with E-state index in [2.05, 4.69) is 77.6 Å². The second-order valence-electron chi connectivity index (χ2n) is 9.36. The number of aryl methyl sites for hydroxylation is 1. The van der Waals surface area contributed by atoms with E-state index < -0.39 is 8.07 Å². The molecule has 0 fully saturated rings. The number of hydrogen-bond donors (Lipinski definition) is 0. The summed E-state index contributed by atoms with van der Waals surface area (Å²) in [4.78, 5) is 2.73. The summed E-state index contributed by atoms with van der Waals surface area (Å²) in [5, 5.41) is 3.15. The lowest BCUT2D eigenvalue weighted by Gasteiger charge is -2.40. The van der Waals surface area contributed by atoms with Crippen LogP contribution in [0.4, 0.5) is 0 Å². The number of benzene rings is 2. The van der Waals surface area contributed by atoms with Gasteiger partial charge in [0.25, 0.3) is 0 Å². The lowest BCUT2D eigenvalue weighted by atomic mass is 9.89. The lowest BCUT2D eigenvalue weighted by Crippen LogP contribution is -2.39. The van der Waals surface area contributed by atoms with Crippen molar-refractivity contribution in [2.75, 3.05) is 6.54 Å². The van der Waals surface area contributed by atoms with Crippen LogP contribution in [0.15, 0.2) is 48.5 Å². The molecular weight excluding hydrogens is 344 g/mol. The predicted octanol–water partition coefficient (Wildman–Crippen LogP) is 5.08. The van der Waals surface area contributed by atoms with Crippen LogP contribution in [-0.2, 0) is 19.5 Å². The highest BCUT2D eigenvalue weighted by atomic mass is 28.3. The molecule has 2 nitrogen and oxygen atoms in total. The third kappa shape index (κ3) is 2.88. The highest BCUT2D eigenvalue weighted by Gasteiger charge is 2.35. The summed E-state index contributed by atoms with van der Waals surface area (Å²) in [6.45, 7) is 10.7. The monoisotopic (exact) mass is 374 g/mol. The van der Waals surface area contributed by atoms with Crippen LogP contribution in [-0.4, -0.2) is 24.1 Å². The van der Waals surface area contributed by atoms with Gasteiger partial charge in [-0.2, -0.15) is 0 Å². The highest BCUT2D eigenvalue weighted by Crippen LogP contribution is 2.42. The highest BCUT2D eigenvalue weighted by molar-refractivity contribution is 6.88. The molecule has 5 rings (SSSR count). The van der Waals surface area contributed by atoms with Crippen LogP contribution in [0.1, 0.15) is 35.7 Å². The molecule has 2 aromatic carbocycles. The first-order chi connectivity index (χ1) is 13.0. The largest absolute Gasteiger partial charge is 0.342 e. The van der Waals surface area contributed by atoms with Crippen molar-refractivity contribution in [3.05, 3.63) is 65.4 Å². The van der Waals surface area contributed by atoms with Gasteiger partial charge in [-0.3, -0.25) is 4.90 Å². The molecule has 0 amide bonds. The third-order valence-electron chi connectivity index (χ3n) is 6.58. The predicted molar refractivity (Wildman–Crippen MR) is 117 cm³/mol. The Morgan fingerprint density at radius 2 is 1.81 bits per heavy atom. The molecule has 0 bridgehead atoms. The number of nitrogens with zero attached hydrogens (tertiary/aromatic N) is 2. The molecule has 0 radical (unpaired) electrons. The normalized spacial score (nSPS) is 20.0. The van der Waals surface area contributed by atoms with Gasteiger partial charge >= 0.3 is 0 Å². The molecule has 140 valence electrons. The van der Waals surface area contributed by atoms with Crippen molar-refractivity contribution in [2.24, 2.45) is 0 Å². The SMILES string of the molecule is C[Si](C)(C)c1ccc2c(c1)c1c3n2CCN(Cc2ccccc2)C3CCC1. The van der Waals surface area contributed by atoms with E-state index in [0.29, 0.717) is 6.04 Å². The van der Waals surface area contributed by atoms with Gasteiger partial charge in [-0.25, -0.2) is 0 Å². The fourth-order valence-electron chi connectivity index (χ4n) is 5.15. The molecule has 3 heteroatoms. The van der Waals surface area contributed by atoms with Gasteiger partial charge in [0.2, 0.25) is 0 Å². The minimum absolute atomic E-state index is 0.588. The molecule has 3 aromatic rings. The molecule has 0 saturated carbocycles. The number of hydrogen-bond acceptors (Lipinski definition) is 1. The van der Waals surface area contributed by atoms with Crippen LogP contribution in [0.2, 0.25) is 19.6 Å².